The second kappa shape index (κ2) is 8.79. The number of alkyl halides is 3. The number of hydrogen-bond donors (Lipinski definition) is 2. The summed E-state index contributed by atoms with van der Waals surface area (Å²) >= 11 is 5.98. The van der Waals surface area contributed by atoms with E-state index in [0.29, 0.717) is 35.6 Å². The molecule has 4 aliphatic rings. The summed E-state index contributed by atoms with van der Waals surface area (Å²) in [4.78, 5) is 21.2. The number of aliphatic hydroxyl groups is 1. The zero-order chi connectivity index (χ0) is 24.8. The number of carbonyl (C=O) groups excluding carboxylic acids is 1. The Labute approximate surface area is 203 Å². The Bertz CT molecular complexity index is 1110. The number of rotatable bonds is 8. The van der Waals surface area contributed by atoms with Crippen LogP contribution >= 0.6 is 11.6 Å². The number of nitrogens with zero attached hydrogens (tertiary/aromatic N) is 2. The van der Waals surface area contributed by atoms with Crippen LogP contribution in [0.25, 0.3) is 0 Å². The van der Waals surface area contributed by atoms with Crippen molar-refractivity contribution in [2.24, 2.45) is 0 Å². The highest BCUT2D eigenvalue weighted by molar-refractivity contribution is 6.30. The molecule has 1 aliphatic heterocycles. The molecule has 3 saturated carbocycles. The molecular weight excluding hydrogens is 491 g/mol. The minimum Gasteiger partial charge on any atom is -0.480 e. The van der Waals surface area contributed by atoms with Gasteiger partial charge < -0.3 is 19.9 Å². The molecule has 1 amide bonds. The normalized spacial score (nSPS) is 28.7. The SMILES string of the molecule is O=C(NC12CC(c3cc(OCCCOC(F)(F)F)ncn3)(C1)C2)[C@H]1C[C@@H](O)c2cc(Cl)ccc2O1. The summed E-state index contributed by atoms with van der Waals surface area (Å²) in [6.45, 7) is -0.462. The van der Waals surface area contributed by atoms with E-state index >= 15 is 0 Å². The molecule has 2 N–H and O–H groups in total. The van der Waals surface area contributed by atoms with Crippen LogP contribution in [0.5, 0.6) is 11.6 Å². The first-order chi connectivity index (χ1) is 16.6. The summed E-state index contributed by atoms with van der Waals surface area (Å²) in [5.41, 5.74) is 0.817. The lowest BCUT2D eigenvalue weighted by Crippen LogP contribution is -2.77. The van der Waals surface area contributed by atoms with E-state index in [9.17, 15) is 23.1 Å². The second-order valence-electron chi connectivity index (χ2n) is 9.36. The molecule has 2 heterocycles. The third kappa shape index (κ3) is 4.89. The fraction of sp³-hybridized carbons (Fsp3) is 0.522. The largest absolute Gasteiger partial charge is 0.522 e. The van der Waals surface area contributed by atoms with Gasteiger partial charge in [0, 0.05) is 40.4 Å². The Balaban J connectivity index is 1.12. The number of ether oxygens (including phenoxy) is 3. The molecule has 12 heteroatoms. The van der Waals surface area contributed by atoms with Crippen molar-refractivity contribution < 1.29 is 37.3 Å². The average Bonchev–Trinajstić information content (AvgIpc) is 2.74. The maximum absolute atomic E-state index is 12.9. The fourth-order valence-electron chi connectivity index (χ4n) is 5.24. The van der Waals surface area contributed by atoms with Gasteiger partial charge in [-0.1, -0.05) is 11.6 Å². The summed E-state index contributed by atoms with van der Waals surface area (Å²) in [7, 11) is 0. The molecule has 2 aromatic rings. The van der Waals surface area contributed by atoms with Crippen molar-refractivity contribution in [1.82, 2.24) is 15.3 Å². The van der Waals surface area contributed by atoms with Crippen molar-refractivity contribution in [3.63, 3.8) is 0 Å². The van der Waals surface area contributed by atoms with Crippen LogP contribution in [0.1, 0.15) is 49.5 Å². The molecule has 2 bridgehead atoms. The van der Waals surface area contributed by atoms with Crippen LogP contribution in [0.2, 0.25) is 5.02 Å². The first-order valence-corrected chi connectivity index (χ1v) is 11.6. The highest BCUT2D eigenvalue weighted by Crippen LogP contribution is 2.67. The first kappa shape index (κ1) is 24.1. The van der Waals surface area contributed by atoms with Gasteiger partial charge in [-0.25, -0.2) is 9.97 Å². The standard InChI is InChI=1S/C23H23ClF3N3O5/c24-13-2-3-16-14(6-13)15(31)7-17(35-16)20(32)30-22-9-21(10-22,11-22)18-8-19(29-12-28-18)33-4-1-5-34-23(25,26)27/h2-3,6,8,12,15,17,31H,1,4-5,7,9-11H2,(H,30,32)/t15-,17-,21?,22?/m1/s1. The molecule has 1 aromatic heterocycles. The Morgan fingerprint density at radius 2 is 2.00 bits per heavy atom. The van der Waals surface area contributed by atoms with Gasteiger partial charge in [0.15, 0.2) is 6.10 Å². The van der Waals surface area contributed by atoms with Crippen molar-refractivity contribution in [2.45, 2.75) is 61.6 Å². The van der Waals surface area contributed by atoms with E-state index in [1.54, 1.807) is 24.3 Å². The van der Waals surface area contributed by atoms with Crippen LogP contribution in [-0.4, -0.2) is 52.2 Å². The number of benzene rings is 1. The lowest BCUT2D eigenvalue weighted by molar-refractivity contribution is -0.324. The van der Waals surface area contributed by atoms with Crippen molar-refractivity contribution in [3.8, 4) is 11.6 Å². The van der Waals surface area contributed by atoms with E-state index in [4.69, 9.17) is 21.1 Å². The third-order valence-corrected chi connectivity index (χ3v) is 6.97. The number of amides is 1. The highest BCUT2D eigenvalue weighted by Gasteiger charge is 2.70. The minimum absolute atomic E-state index is 0.0299. The fourth-order valence-corrected chi connectivity index (χ4v) is 5.43. The summed E-state index contributed by atoms with van der Waals surface area (Å²) in [5.74, 6) is 0.458. The molecule has 2 atom stereocenters. The number of fused-ring (bicyclic) bond motifs is 1. The van der Waals surface area contributed by atoms with Crippen molar-refractivity contribution >= 4 is 17.5 Å². The van der Waals surface area contributed by atoms with E-state index < -0.39 is 25.2 Å². The van der Waals surface area contributed by atoms with E-state index in [2.05, 4.69) is 20.0 Å². The molecular formula is C23H23ClF3N3O5. The van der Waals surface area contributed by atoms with Crippen LogP contribution in [0.4, 0.5) is 13.2 Å². The topological polar surface area (TPSA) is 103 Å². The Kier molecular flexibility index (Phi) is 6.05. The first-order valence-electron chi connectivity index (χ1n) is 11.2. The maximum Gasteiger partial charge on any atom is 0.522 e. The van der Waals surface area contributed by atoms with Crippen LogP contribution in [0.3, 0.4) is 0 Å². The van der Waals surface area contributed by atoms with Crippen LogP contribution in [0, 0.1) is 0 Å². The van der Waals surface area contributed by atoms with Gasteiger partial charge in [-0.2, -0.15) is 0 Å². The zero-order valence-corrected chi connectivity index (χ0v) is 19.2. The predicted molar refractivity (Wildman–Crippen MR) is 116 cm³/mol. The zero-order valence-electron chi connectivity index (χ0n) is 18.5. The van der Waals surface area contributed by atoms with Gasteiger partial charge in [-0.15, -0.1) is 13.2 Å². The van der Waals surface area contributed by atoms with Gasteiger partial charge in [0.05, 0.1) is 25.0 Å². The van der Waals surface area contributed by atoms with Gasteiger partial charge in [0.25, 0.3) is 5.91 Å². The molecule has 0 radical (unpaired) electrons. The lowest BCUT2D eigenvalue weighted by atomic mass is 9.38. The smallest absolute Gasteiger partial charge is 0.480 e. The number of aromatic nitrogens is 2. The molecule has 35 heavy (non-hydrogen) atoms. The van der Waals surface area contributed by atoms with Gasteiger partial charge in [-0.3, -0.25) is 9.53 Å². The maximum atomic E-state index is 12.9. The molecule has 0 saturated heterocycles. The third-order valence-electron chi connectivity index (χ3n) is 6.74. The van der Waals surface area contributed by atoms with Gasteiger partial charge in [0.2, 0.25) is 5.88 Å². The summed E-state index contributed by atoms with van der Waals surface area (Å²) in [6, 6.07) is 6.62. The molecule has 188 valence electrons. The lowest BCUT2D eigenvalue weighted by Gasteiger charge is -2.70. The van der Waals surface area contributed by atoms with Gasteiger partial charge in [0.1, 0.15) is 12.1 Å². The highest BCUT2D eigenvalue weighted by atomic mass is 35.5. The molecule has 6 rings (SSSR count). The average molecular weight is 514 g/mol. The van der Waals surface area contributed by atoms with E-state index in [0.717, 1.165) is 5.69 Å². The number of aliphatic hydroxyl groups excluding tert-OH is 1. The van der Waals surface area contributed by atoms with Crippen LogP contribution in [-0.2, 0) is 14.9 Å². The number of halogens is 4. The van der Waals surface area contributed by atoms with Crippen molar-refractivity contribution in [3.05, 3.63) is 46.9 Å². The van der Waals surface area contributed by atoms with Crippen molar-refractivity contribution in [1.29, 1.82) is 0 Å². The molecule has 3 fully saturated rings. The predicted octanol–water partition coefficient (Wildman–Crippen LogP) is 3.61. The minimum atomic E-state index is -4.65. The number of hydrogen-bond acceptors (Lipinski definition) is 7. The van der Waals surface area contributed by atoms with Crippen LogP contribution < -0.4 is 14.8 Å². The summed E-state index contributed by atoms with van der Waals surface area (Å²) < 4.78 is 51.0. The summed E-state index contributed by atoms with van der Waals surface area (Å²) in [6.07, 6.45) is -2.63. The number of nitrogens with one attached hydrogen (secondary N) is 1. The second-order valence-corrected chi connectivity index (χ2v) is 9.79. The Morgan fingerprint density at radius 3 is 2.74 bits per heavy atom. The van der Waals surface area contributed by atoms with Gasteiger partial charge in [-0.05, 0) is 37.5 Å². The summed E-state index contributed by atoms with van der Waals surface area (Å²) in [5, 5.41) is 14.0. The monoisotopic (exact) mass is 513 g/mol. The van der Waals surface area contributed by atoms with E-state index in [1.807, 2.05) is 0 Å². The molecule has 1 aromatic carbocycles. The molecule has 0 spiro atoms. The van der Waals surface area contributed by atoms with E-state index in [-0.39, 0.29) is 42.2 Å². The molecule has 3 aliphatic carbocycles. The van der Waals surface area contributed by atoms with Crippen molar-refractivity contribution in [2.75, 3.05) is 13.2 Å². The van der Waals surface area contributed by atoms with Gasteiger partial charge >= 0.3 is 6.36 Å². The molecule has 8 nitrogen and oxygen atoms in total. The van der Waals surface area contributed by atoms with Crippen LogP contribution in [0.15, 0.2) is 30.6 Å². The quantitative estimate of drug-likeness (QED) is 0.520. The Morgan fingerprint density at radius 1 is 1.23 bits per heavy atom. The number of carbonyl (C=O) groups is 1. The Hall–Kier alpha value is -2.63. The molecule has 0 unspecified atom stereocenters. The van der Waals surface area contributed by atoms with E-state index in [1.165, 1.54) is 6.33 Å².